The minimum absolute atomic E-state index is 0.0332. The summed E-state index contributed by atoms with van der Waals surface area (Å²) in [6.07, 6.45) is 1.81. The van der Waals surface area contributed by atoms with Crippen LogP contribution in [0.3, 0.4) is 0 Å². The van der Waals surface area contributed by atoms with E-state index in [0.717, 1.165) is 22.5 Å². The van der Waals surface area contributed by atoms with Gasteiger partial charge in [0.2, 0.25) is 5.91 Å². The second-order valence-electron chi connectivity index (χ2n) is 6.13. The van der Waals surface area contributed by atoms with Gasteiger partial charge in [-0.25, -0.2) is 0 Å². The van der Waals surface area contributed by atoms with Crippen molar-refractivity contribution in [3.8, 4) is 11.4 Å². The highest BCUT2D eigenvalue weighted by atomic mass is 32.2. The maximum atomic E-state index is 12.2. The summed E-state index contributed by atoms with van der Waals surface area (Å²) in [5, 5.41) is 12.2. The Labute approximate surface area is 163 Å². The fourth-order valence-corrected chi connectivity index (χ4v) is 3.44. The van der Waals surface area contributed by atoms with Gasteiger partial charge in [0.05, 0.1) is 5.75 Å². The minimum atomic E-state index is -0.0332. The van der Waals surface area contributed by atoms with E-state index in [0.29, 0.717) is 18.2 Å². The van der Waals surface area contributed by atoms with E-state index in [1.165, 1.54) is 11.8 Å². The molecule has 1 N–H and O–H groups in total. The van der Waals surface area contributed by atoms with Crippen LogP contribution in [0.15, 0.2) is 72.4 Å². The first-order valence-corrected chi connectivity index (χ1v) is 9.70. The number of nitrogens with zero attached hydrogens (tertiary/aromatic N) is 3. The van der Waals surface area contributed by atoms with E-state index in [2.05, 4.69) is 28.2 Å². The zero-order chi connectivity index (χ0) is 19.1. The molecule has 0 atom stereocenters. The van der Waals surface area contributed by atoms with Crippen LogP contribution in [0.2, 0.25) is 0 Å². The zero-order valence-corrected chi connectivity index (χ0v) is 16.1. The Morgan fingerprint density at radius 1 is 1.19 bits per heavy atom. The van der Waals surface area contributed by atoms with Crippen molar-refractivity contribution in [1.29, 1.82) is 0 Å². The number of aryl methyl sites for hydroxylation is 1. The molecule has 0 aliphatic rings. The molecule has 1 heterocycles. The molecule has 27 heavy (non-hydrogen) atoms. The van der Waals surface area contributed by atoms with E-state index in [1.54, 1.807) is 0 Å². The van der Waals surface area contributed by atoms with Crippen LogP contribution in [-0.4, -0.2) is 26.4 Å². The summed E-state index contributed by atoms with van der Waals surface area (Å²) in [7, 11) is 0. The topological polar surface area (TPSA) is 59.8 Å². The van der Waals surface area contributed by atoms with Crippen molar-refractivity contribution in [3.63, 3.8) is 0 Å². The maximum Gasteiger partial charge on any atom is 0.230 e. The number of hydrogen-bond donors (Lipinski definition) is 1. The maximum absolute atomic E-state index is 12.2. The van der Waals surface area contributed by atoms with Gasteiger partial charge < -0.3 is 5.32 Å². The summed E-state index contributed by atoms with van der Waals surface area (Å²) in [4.78, 5) is 12.2. The summed E-state index contributed by atoms with van der Waals surface area (Å²) < 4.78 is 1.98. The Morgan fingerprint density at radius 2 is 2.00 bits per heavy atom. The van der Waals surface area contributed by atoms with Crippen molar-refractivity contribution in [2.75, 3.05) is 5.75 Å². The summed E-state index contributed by atoms with van der Waals surface area (Å²) in [6.45, 7) is 6.98. The molecule has 0 radical (unpaired) electrons. The predicted octanol–water partition coefficient (Wildman–Crippen LogP) is 3.85. The number of carbonyl (C=O) groups excluding carboxylic acids is 1. The average Bonchev–Trinajstić information content (AvgIpc) is 3.08. The Kier molecular flexibility index (Phi) is 6.44. The first-order chi connectivity index (χ1) is 13.2. The number of carbonyl (C=O) groups is 1. The minimum Gasteiger partial charge on any atom is -0.351 e. The van der Waals surface area contributed by atoms with Gasteiger partial charge in [0.15, 0.2) is 11.0 Å². The predicted molar refractivity (Wildman–Crippen MR) is 109 cm³/mol. The molecule has 138 valence electrons. The second kappa shape index (κ2) is 9.19. The molecule has 3 aromatic rings. The second-order valence-corrected chi connectivity index (χ2v) is 7.07. The Hall–Kier alpha value is -2.86. The third-order valence-corrected chi connectivity index (χ3v) is 4.94. The SMILES string of the molecule is C=CCn1c(SCC(=O)NCc2ccccc2)nnc1-c1cccc(C)c1. The number of benzene rings is 2. The highest BCUT2D eigenvalue weighted by Crippen LogP contribution is 2.24. The Bertz CT molecular complexity index is 921. The van der Waals surface area contributed by atoms with Gasteiger partial charge in [0.1, 0.15) is 0 Å². The molecule has 1 amide bonds. The molecule has 0 bridgehead atoms. The fraction of sp³-hybridized carbons (Fsp3) is 0.190. The van der Waals surface area contributed by atoms with Gasteiger partial charge in [-0.3, -0.25) is 9.36 Å². The van der Waals surface area contributed by atoms with Crippen LogP contribution in [0, 0.1) is 6.92 Å². The Morgan fingerprint density at radius 3 is 2.74 bits per heavy atom. The van der Waals surface area contributed by atoms with Crippen LogP contribution >= 0.6 is 11.8 Å². The zero-order valence-electron chi connectivity index (χ0n) is 15.3. The highest BCUT2D eigenvalue weighted by molar-refractivity contribution is 7.99. The van der Waals surface area contributed by atoms with E-state index in [4.69, 9.17) is 0 Å². The lowest BCUT2D eigenvalue weighted by Crippen LogP contribution is -2.24. The van der Waals surface area contributed by atoms with Crippen molar-refractivity contribution in [2.45, 2.75) is 25.2 Å². The van der Waals surface area contributed by atoms with Gasteiger partial charge in [-0.2, -0.15) is 0 Å². The molecule has 3 rings (SSSR count). The number of nitrogens with one attached hydrogen (secondary N) is 1. The third kappa shape index (κ3) is 5.08. The van der Waals surface area contributed by atoms with Crippen molar-refractivity contribution in [2.24, 2.45) is 0 Å². The fourth-order valence-electron chi connectivity index (χ4n) is 2.66. The van der Waals surface area contributed by atoms with E-state index in [-0.39, 0.29) is 11.7 Å². The molecule has 6 heteroatoms. The van der Waals surface area contributed by atoms with Crippen LogP contribution < -0.4 is 5.32 Å². The number of aromatic nitrogens is 3. The summed E-state index contributed by atoms with van der Waals surface area (Å²) in [5.41, 5.74) is 3.24. The lowest BCUT2D eigenvalue weighted by atomic mass is 10.1. The highest BCUT2D eigenvalue weighted by Gasteiger charge is 2.15. The molecule has 0 fully saturated rings. The van der Waals surface area contributed by atoms with Gasteiger partial charge in [0, 0.05) is 18.7 Å². The van der Waals surface area contributed by atoms with Crippen LogP contribution in [0.25, 0.3) is 11.4 Å². The van der Waals surface area contributed by atoms with Gasteiger partial charge in [-0.05, 0) is 18.6 Å². The molecule has 0 saturated heterocycles. The number of hydrogen-bond acceptors (Lipinski definition) is 4. The van der Waals surface area contributed by atoms with Gasteiger partial charge in [-0.15, -0.1) is 16.8 Å². The molecule has 0 saturated carbocycles. The summed E-state index contributed by atoms with van der Waals surface area (Å²) in [6, 6.07) is 18.0. The largest absolute Gasteiger partial charge is 0.351 e. The molecular weight excluding hydrogens is 356 g/mol. The number of rotatable bonds is 8. The summed E-state index contributed by atoms with van der Waals surface area (Å²) >= 11 is 1.38. The van der Waals surface area contributed by atoms with Crippen LogP contribution in [-0.2, 0) is 17.9 Å². The Balaban J connectivity index is 1.66. The molecular formula is C21H22N4OS. The quantitative estimate of drug-likeness (QED) is 0.478. The molecule has 0 aliphatic carbocycles. The molecule has 0 spiro atoms. The van der Waals surface area contributed by atoms with Crippen molar-refractivity contribution in [1.82, 2.24) is 20.1 Å². The first kappa shape index (κ1) is 18.9. The average molecular weight is 379 g/mol. The number of amides is 1. The number of allylic oxidation sites excluding steroid dienone is 1. The molecule has 0 aliphatic heterocycles. The monoisotopic (exact) mass is 378 g/mol. The normalized spacial score (nSPS) is 10.6. The molecule has 5 nitrogen and oxygen atoms in total. The van der Waals surface area contributed by atoms with Gasteiger partial charge in [-0.1, -0.05) is 71.9 Å². The smallest absolute Gasteiger partial charge is 0.230 e. The standard InChI is InChI=1S/C21H22N4OS/c1-3-12-25-20(18-11-7-8-16(2)13-18)23-24-21(25)27-15-19(26)22-14-17-9-5-4-6-10-17/h3-11,13H,1,12,14-15H2,2H3,(H,22,26). The first-order valence-electron chi connectivity index (χ1n) is 8.72. The van der Waals surface area contributed by atoms with Gasteiger partial charge >= 0.3 is 0 Å². The van der Waals surface area contributed by atoms with Gasteiger partial charge in [0.25, 0.3) is 0 Å². The third-order valence-electron chi connectivity index (χ3n) is 3.97. The molecule has 0 unspecified atom stereocenters. The molecule has 1 aromatic heterocycles. The van der Waals surface area contributed by atoms with Crippen LogP contribution in [0.4, 0.5) is 0 Å². The number of thioether (sulfide) groups is 1. The summed E-state index contributed by atoms with van der Waals surface area (Å²) in [5.74, 6) is 1.04. The van der Waals surface area contributed by atoms with E-state index < -0.39 is 0 Å². The van der Waals surface area contributed by atoms with Crippen LogP contribution in [0.1, 0.15) is 11.1 Å². The molecule has 2 aromatic carbocycles. The van der Waals surface area contributed by atoms with Crippen molar-refractivity contribution in [3.05, 3.63) is 78.4 Å². The van der Waals surface area contributed by atoms with E-state index >= 15 is 0 Å². The van der Waals surface area contributed by atoms with E-state index in [9.17, 15) is 4.79 Å². The van der Waals surface area contributed by atoms with Crippen LogP contribution in [0.5, 0.6) is 0 Å². The lowest BCUT2D eigenvalue weighted by Gasteiger charge is -2.08. The van der Waals surface area contributed by atoms with Crippen molar-refractivity contribution < 1.29 is 4.79 Å². The van der Waals surface area contributed by atoms with E-state index in [1.807, 2.05) is 66.1 Å². The lowest BCUT2D eigenvalue weighted by molar-refractivity contribution is -0.118. The van der Waals surface area contributed by atoms with Crippen molar-refractivity contribution >= 4 is 17.7 Å².